The Balaban J connectivity index is 1.08. The molecule has 1 aromatic heterocycles. The minimum Gasteiger partial charge on any atom is -0.481 e. The number of primary amides is 1. The maximum Gasteiger partial charge on any atom is 0.326 e. The maximum atomic E-state index is 14.1. The number of hydrogen-bond acceptors (Lipinski definition) is 10. The number of nitrogens with zero attached hydrogens (tertiary/aromatic N) is 7. The van der Waals surface area contributed by atoms with E-state index >= 15 is 0 Å². The fourth-order valence-electron chi connectivity index (χ4n) is 7.41. The Morgan fingerprint density at radius 1 is 0.657 bits per heavy atom. The number of carbonyl (C=O) groups excluding carboxylic acids is 6. The molecule has 2 saturated heterocycles. The van der Waals surface area contributed by atoms with Crippen LogP contribution in [0.3, 0.4) is 0 Å². The van der Waals surface area contributed by atoms with E-state index in [4.69, 9.17) is 10.8 Å². The fourth-order valence-corrected chi connectivity index (χ4v) is 7.41. The van der Waals surface area contributed by atoms with Gasteiger partial charge in [0.15, 0.2) is 0 Å². The molecule has 0 aliphatic carbocycles. The summed E-state index contributed by atoms with van der Waals surface area (Å²) < 4.78 is 14.0. The van der Waals surface area contributed by atoms with Crippen LogP contribution < -0.4 is 27.0 Å². The van der Waals surface area contributed by atoms with Gasteiger partial charge in [-0.2, -0.15) is 0 Å². The van der Waals surface area contributed by atoms with Crippen LogP contribution >= 0.6 is 0 Å². The summed E-state index contributed by atoms with van der Waals surface area (Å²) in [7, 11) is 0. The van der Waals surface area contributed by atoms with Crippen molar-refractivity contribution < 1.29 is 53.0 Å². The lowest BCUT2D eigenvalue weighted by molar-refractivity contribution is -0.139. The van der Waals surface area contributed by atoms with Crippen LogP contribution in [0, 0.1) is 0 Å². The van der Waals surface area contributed by atoms with Crippen LogP contribution in [0.2, 0.25) is 0 Å². The van der Waals surface area contributed by atoms with Gasteiger partial charge in [-0.05, 0) is 72.9 Å². The molecule has 2 aliphatic rings. The van der Waals surface area contributed by atoms with Crippen molar-refractivity contribution in [3.63, 3.8) is 0 Å². The van der Waals surface area contributed by atoms with Gasteiger partial charge >= 0.3 is 30.0 Å². The maximum absolute atomic E-state index is 14.1. The van der Waals surface area contributed by atoms with Crippen molar-refractivity contribution in [1.82, 2.24) is 39.9 Å². The van der Waals surface area contributed by atoms with Crippen molar-refractivity contribution in [3.8, 4) is 0 Å². The first kappa shape index (κ1) is 48.3. The van der Waals surface area contributed by atoms with Crippen LogP contribution in [-0.4, -0.2) is 158 Å². The molecule has 0 radical (unpaired) electrons. The third-order valence-corrected chi connectivity index (χ3v) is 11.0. The molecule has 23 heteroatoms. The minimum atomic E-state index is -1.25. The smallest absolute Gasteiger partial charge is 0.326 e. The van der Waals surface area contributed by atoms with Crippen LogP contribution in [0.15, 0.2) is 72.9 Å². The van der Waals surface area contributed by atoms with Crippen molar-refractivity contribution >= 4 is 64.8 Å². The molecule has 22 nitrogen and oxygen atoms in total. The van der Waals surface area contributed by atoms with E-state index in [0.29, 0.717) is 35.5 Å². The molecule has 6 rings (SSSR count). The lowest BCUT2D eigenvalue weighted by Gasteiger charge is -2.35. The van der Waals surface area contributed by atoms with E-state index in [1.54, 1.807) is 58.3 Å². The number of rotatable bonds is 17. The first-order valence-corrected chi connectivity index (χ1v) is 21.4. The van der Waals surface area contributed by atoms with Crippen LogP contribution in [0.4, 0.5) is 35.8 Å². The summed E-state index contributed by atoms with van der Waals surface area (Å²) in [6.07, 6.45) is 2.46. The van der Waals surface area contributed by atoms with Crippen LogP contribution in [0.5, 0.6) is 0 Å². The molecule has 354 valence electrons. The number of piperazine rings is 2. The topological polar surface area (TPSA) is 295 Å². The zero-order valence-electron chi connectivity index (χ0n) is 36.4. The molecule has 4 aromatic rings. The molecule has 3 heterocycles. The molecule has 0 saturated carbocycles. The highest BCUT2D eigenvalue weighted by molar-refractivity contribution is 6.03. The van der Waals surface area contributed by atoms with Crippen molar-refractivity contribution in [2.45, 2.75) is 44.7 Å². The second-order valence-corrected chi connectivity index (χ2v) is 15.9. The third-order valence-electron chi connectivity index (χ3n) is 11.0. The highest BCUT2D eigenvalue weighted by Gasteiger charge is 2.29. The number of anilines is 3. The Bertz CT molecular complexity index is 2450. The first-order valence-electron chi connectivity index (χ1n) is 21.4. The number of carboxylic acid groups (broad SMARTS) is 2. The largest absolute Gasteiger partial charge is 0.481 e. The summed E-state index contributed by atoms with van der Waals surface area (Å²) in [5.41, 5.74) is 8.34. The number of urea groups is 3. The zero-order valence-corrected chi connectivity index (χ0v) is 36.4. The van der Waals surface area contributed by atoms with Crippen LogP contribution in [0.1, 0.15) is 50.4 Å². The number of aliphatic carboxylic acids is 2. The Morgan fingerprint density at radius 3 is 1.64 bits per heavy atom. The Morgan fingerprint density at radius 2 is 1.16 bits per heavy atom. The predicted octanol–water partition coefficient (Wildman–Crippen LogP) is 2.48. The zero-order chi connectivity index (χ0) is 48.0. The monoisotopic (exact) mass is 926 g/mol. The van der Waals surface area contributed by atoms with Crippen LogP contribution in [-0.2, 0) is 40.2 Å². The minimum absolute atomic E-state index is 0.0104. The number of alkyl halides is 1. The molecule has 67 heavy (non-hydrogen) atoms. The summed E-state index contributed by atoms with van der Waals surface area (Å²) in [5, 5.41) is 36.7. The lowest BCUT2D eigenvalue weighted by Crippen LogP contribution is -2.52. The molecule has 8 N–H and O–H groups in total. The van der Waals surface area contributed by atoms with Gasteiger partial charge in [-0.15, -0.1) is 5.10 Å². The van der Waals surface area contributed by atoms with Gasteiger partial charge in [-0.1, -0.05) is 29.5 Å². The Kier molecular flexibility index (Phi) is 16.4. The Hall–Kier alpha value is -8.11. The molecule has 0 unspecified atom stereocenters. The van der Waals surface area contributed by atoms with E-state index in [-0.39, 0.29) is 101 Å². The van der Waals surface area contributed by atoms with Gasteiger partial charge < -0.3 is 56.8 Å². The van der Waals surface area contributed by atoms with E-state index in [9.17, 15) is 47.9 Å². The molecule has 0 spiro atoms. The average Bonchev–Trinajstić information content (AvgIpc) is 3.76. The number of halogens is 1. The number of hydrogen-bond donors (Lipinski definition) is 7. The SMILES string of the molecule is NC(=O)N[C@@H](Cc1ccc(NC(=O)N2CCN(C(=O)c3cc(NC(=O)Cn4cc(CCCF)nn4)cc(C(=O)N4CCN(C(=O)Nc5ccc(CCC(=O)O)cc5)CC4)c3)CC2)cc1)C(=O)O. The molecule has 0 bridgehead atoms. The van der Waals surface area contributed by atoms with E-state index in [1.807, 2.05) is 0 Å². The standard InChI is InChI=1S/C44H51FN12O10/c45-13-1-2-34-26-57(52-51-34)27-37(58)47-35-24-30(39(61)53-14-18-55(19-15-53)43(66)48-32-8-3-28(4-9-32)7-12-38(59)60)23-31(25-35)40(62)54-16-20-56(21-17-54)44(67)49-33-10-5-29(6-11-33)22-36(41(63)64)50-42(46)65/h3-6,8-11,23-26,36H,1-2,7,12-22,27H2,(H,47,58)(H,48,66)(H,49,67)(H,59,60)(H,63,64)(H3,46,50,65)/t36-/m0/s1. The van der Waals surface area contributed by atoms with Crippen molar-refractivity contribution in [3.05, 3.63) is 101 Å². The summed E-state index contributed by atoms with van der Waals surface area (Å²) in [6.45, 7) is 0.589. The van der Waals surface area contributed by atoms with Gasteiger partial charge in [0.1, 0.15) is 12.6 Å². The van der Waals surface area contributed by atoms with Gasteiger partial charge in [0.05, 0.1) is 12.4 Å². The third kappa shape index (κ3) is 13.9. The summed E-state index contributed by atoms with van der Waals surface area (Å²) in [5.74, 6) is -3.57. The number of carboxylic acids is 2. The molecular weight excluding hydrogens is 876 g/mol. The number of amides is 9. The van der Waals surface area contributed by atoms with Gasteiger partial charge in [0, 0.05) is 99.6 Å². The number of nitrogens with two attached hydrogens (primary N) is 1. The number of carbonyl (C=O) groups is 8. The number of aromatic nitrogens is 3. The average molecular weight is 927 g/mol. The van der Waals surface area contributed by atoms with Gasteiger partial charge in [-0.25, -0.2) is 23.9 Å². The van der Waals surface area contributed by atoms with Gasteiger partial charge in [-0.3, -0.25) is 23.6 Å². The molecule has 9 amide bonds. The second kappa shape index (κ2) is 22.7. The van der Waals surface area contributed by atoms with E-state index in [0.717, 1.165) is 5.56 Å². The van der Waals surface area contributed by atoms with Gasteiger partial charge in [0.25, 0.3) is 11.8 Å². The molecule has 2 aliphatic heterocycles. The van der Waals surface area contributed by atoms with E-state index < -0.39 is 54.4 Å². The molecule has 3 aromatic carbocycles. The van der Waals surface area contributed by atoms with Crippen LogP contribution in [0.25, 0.3) is 0 Å². The van der Waals surface area contributed by atoms with Crippen molar-refractivity contribution in [2.24, 2.45) is 5.73 Å². The number of aryl methyl sites for hydroxylation is 2. The molecule has 2 fully saturated rings. The summed E-state index contributed by atoms with van der Waals surface area (Å²) in [6, 6.07) is 14.6. The first-order chi connectivity index (χ1) is 32.1. The number of nitrogens with one attached hydrogen (secondary N) is 4. The Labute approximate surface area is 383 Å². The lowest BCUT2D eigenvalue weighted by atomic mass is 10.1. The number of benzene rings is 3. The highest BCUT2D eigenvalue weighted by Crippen LogP contribution is 2.22. The predicted molar refractivity (Wildman–Crippen MR) is 239 cm³/mol. The van der Waals surface area contributed by atoms with Crippen molar-refractivity contribution in [1.29, 1.82) is 0 Å². The quantitative estimate of drug-likeness (QED) is 0.0804. The second-order valence-electron chi connectivity index (χ2n) is 15.9. The fraction of sp³-hybridized carbons (Fsp3) is 0.364. The van der Waals surface area contributed by atoms with Gasteiger partial charge in [0.2, 0.25) is 5.91 Å². The van der Waals surface area contributed by atoms with Crippen molar-refractivity contribution in [2.75, 3.05) is 75.0 Å². The normalized spacial score (nSPS) is 14.2. The van der Waals surface area contributed by atoms with E-state index in [2.05, 4.69) is 31.6 Å². The van der Waals surface area contributed by atoms with E-state index in [1.165, 1.54) is 38.9 Å². The molecule has 1 atom stereocenters. The highest BCUT2D eigenvalue weighted by atomic mass is 19.1. The molecular formula is C44H51FN12O10. The summed E-state index contributed by atoms with van der Waals surface area (Å²) >= 11 is 0. The summed E-state index contributed by atoms with van der Waals surface area (Å²) in [4.78, 5) is 107.